The molecule has 0 amide bonds. The van der Waals surface area contributed by atoms with E-state index in [-0.39, 0.29) is 0 Å². The molecule has 1 aromatic rings. The Hall–Kier alpha value is -1.08. The molecule has 0 aliphatic heterocycles. The molecule has 2 N–H and O–H groups in total. The average Bonchev–Trinajstić information content (AvgIpc) is 2.15. The van der Waals surface area contributed by atoms with Gasteiger partial charge in [-0.2, -0.15) is 0 Å². The van der Waals surface area contributed by atoms with Crippen LogP contribution in [-0.4, -0.2) is 6.54 Å². The van der Waals surface area contributed by atoms with Gasteiger partial charge in [0.2, 0.25) is 0 Å². The lowest BCUT2D eigenvalue weighted by atomic mass is 10.0. The van der Waals surface area contributed by atoms with Gasteiger partial charge in [-0.3, -0.25) is 0 Å². The number of nitrogens with two attached hydrogens (primary N) is 1. The summed E-state index contributed by atoms with van der Waals surface area (Å²) >= 11 is 0. The predicted octanol–water partition coefficient (Wildman–Crippen LogP) is 2.78. The Morgan fingerprint density at radius 1 is 1.23 bits per heavy atom. The van der Waals surface area contributed by atoms with Crippen molar-refractivity contribution in [2.24, 2.45) is 5.73 Å². The standard InChI is InChI=1S/C12H17N/c1-10(2)12-7-5-11(6-8-12)4-3-9-13/h3-8,10H,9,13H2,1-2H3. The van der Waals surface area contributed by atoms with E-state index >= 15 is 0 Å². The van der Waals surface area contributed by atoms with Gasteiger partial charge in [0.25, 0.3) is 0 Å². The van der Waals surface area contributed by atoms with Gasteiger partial charge in [0, 0.05) is 6.54 Å². The molecule has 0 fully saturated rings. The van der Waals surface area contributed by atoms with Crippen LogP contribution < -0.4 is 5.73 Å². The molecule has 1 nitrogen and oxygen atoms in total. The van der Waals surface area contributed by atoms with E-state index in [4.69, 9.17) is 5.73 Å². The van der Waals surface area contributed by atoms with Crippen molar-refractivity contribution in [3.63, 3.8) is 0 Å². The molecule has 0 spiro atoms. The van der Waals surface area contributed by atoms with Gasteiger partial charge in [0.1, 0.15) is 0 Å². The van der Waals surface area contributed by atoms with Crippen LogP contribution in [0.25, 0.3) is 6.08 Å². The van der Waals surface area contributed by atoms with Crippen molar-refractivity contribution in [2.75, 3.05) is 6.54 Å². The summed E-state index contributed by atoms with van der Waals surface area (Å²) in [4.78, 5) is 0. The van der Waals surface area contributed by atoms with E-state index in [1.165, 1.54) is 11.1 Å². The van der Waals surface area contributed by atoms with E-state index in [2.05, 4.69) is 38.1 Å². The second-order valence-electron chi connectivity index (χ2n) is 3.46. The number of hydrogen-bond acceptors (Lipinski definition) is 1. The van der Waals surface area contributed by atoms with Crippen LogP contribution in [0, 0.1) is 0 Å². The molecule has 0 saturated carbocycles. The number of hydrogen-bond donors (Lipinski definition) is 1. The Morgan fingerprint density at radius 2 is 1.85 bits per heavy atom. The minimum absolute atomic E-state index is 0.603. The lowest BCUT2D eigenvalue weighted by Gasteiger charge is -2.04. The van der Waals surface area contributed by atoms with Crippen LogP contribution in [0.2, 0.25) is 0 Å². The highest BCUT2D eigenvalue weighted by Crippen LogP contribution is 2.15. The molecule has 1 aromatic carbocycles. The molecule has 0 atom stereocenters. The van der Waals surface area contributed by atoms with Crippen molar-refractivity contribution in [2.45, 2.75) is 19.8 Å². The Morgan fingerprint density at radius 3 is 2.31 bits per heavy atom. The van der Waals surface area contributed by atoms with E-state index in [0.29, 0.717) is 12.5 Å². The summed E-state index contributed by atoms with van der Waals surface area (Å²) in [6.45, 7) is 5.00. The Labute approximate surface area is 80.3 Å². The molecule has 0 unspecified atom stereocenters. The highest BCUT2D eigenvalue weighted by Gasteiger charge is 1.96. The van der Waals surface area contributed by atoms with Crippen molar-refractivity contribution in [3.8, 4) is 0 Å². The third-order valence-electron chi connectivity index (χ3n) is 2.05. The highest BCUT2D eigenvalue weighted by atomic mass is 14.5. The van der Waals surface area contributed by atoms with Crippen molar-refractivity contribution >= 4 is 6.08 Å². The largest absolute Gasteiger partial charge is 0.327 e. The van der Waals surface area contributed by atoms with Crippen molar-refractivity contribution in [3.05, 3.63) is 41.5 Å². The molecule has 0 aromatic heterocycles. The van der Waals surface area contributed by atoms with Crippen LogP contribution in [0.4, 0.5) is 0 Å². The first kappa shape index (κ1) is 10.0. The zero-order valence-electron chi connectivity index (χ0n) is 8.33. The molecule has 0 bridgehead atoms. The van der Waals surface area contributed by atoms with Crippen LogP contribution >= 0.6 is 0 Å². The molecule has 70 valence electrons. The quantitative estimate of drug-likeness (QED) is 0.751. The molecule has 1 heteroatoms. The second-order valence-corrected chi connectivity index (χ2v) is 3.46. The molecule has 13 heavy (non-hydrogen) atoms. The van der Waals surface area contributed by atoms with E-state index < -0.39 is 0 Å². The predicted molar refractivity (Wildman–Crippen MR) is 58.6 cm³/mol. The van der Waals surface area contributed by atoms with Gasteiger partial charge >= 0.3 is 0 Å². The molecule has 0 heterocycles. The maximum absolute atomic E-state index is 5.37. The highest BCUT2D eigenvalue weighted by molar-refractivity contribution is 5.49. The maximum Gasteiger partial charge on any atom is 0.0110 e. The maximum atomic E-state index is 5.37. The van der Waals surface area contributed by atoms with Gasteiger partial charge < -0.3 is 5.73 Å². The molecular formula is C12H17N. The van der Waals surface area contributed by atoms with Gasteiger partial charge in [-0.1, -0.05) is 50.3 Å². The van der Waals surface area contributed by atoms with E-state index in [1.807, 2.05) is 12.2 Å². The third-order valence-corrected chi connectivity index (χ3v) is 2.05. The smallest absolute Gasteiger partial charge is 0.0110 e. The van der Waals surface area contributed by atoms with Crippen LogP contribution in [-0.2, 0) is 0 Å². The summed E-state index contributed by atoms with van der Waals surface area (Å²) in [7, 11) is 0. The second kappa shape index (κ2) is 4.83. The van der Waals surface area contributed by atoms with Gasteiger partial charge in [-0.15, -0.1) is 0 Å². The van der Waals surface area contributed by atoms with Crippen LogP contribution in [0.1, 0.15) is 30.9 Å². The molecule has 0 aliphatic carbocycles. The summed E-state index contributed by atoms with van der Waals surface area (Å²) < 4.78 is 0. The Bertz CT molecular complexity index is 270. The monoisotopic (exact) mass is 175 g/mol. The summed E-state index contributed by atoms with van der Waals surface area (Å²) in [5.74, 6) is 0.604. The SMILES string of the molecule is CC(C)c1ccc(C=CCN)cc1. The van der Waals surface area contributed by atoms with Gasteiger partial charge in [0.15, 0.2) is 0 Å². The summed E-state index contributed by atoms with van der Waals surface area (Å²) in [6.07, 6.45) is 4.01. The number of rotatable bonds is 3. The van der Waals surface area contributed by atoms with Crippen molar-refractivity contribution in [1.82, 2.24) is 0 Å². The van der Waals surface area contributed by atoms with E-state index in [0.717, 1.165) is 0 Å². The fraction of sp³-hybridized carbons (Fsp3) is 0.333. The zero-order valence-corrected chi connectivity index (χ0v) is 8.33. The summed E-state index contributed by atoms with van der Waals surface area (Å²) in [6, 6.07) is 8.59. The van der Waals surface area contributed by atoms with Crippen molar-refractivity contribution < 1.29 is 0 Å². The normalized spacial score (nSPS) is 11.4. The van der Waals surface area contributed by atoms with Crippen LogP contribution in [0.3, 0.4) is 0 Å². The molecule has 1 rings (SSSR count). The third kappa shape index (κ3) is 3.03. The van der Waals surface area contributed by atoms with Crippen molar-refractivity contribution in [1.29, 1.82) is 0 Å². The molecule has 0 aliphatic rings. The minimum atomic E-state index is 0.603. The average molecular weight is 175 g/mol. The fourth-order valence-corrected chi connectivity index (χ4v) is 1.20. The van der Waals surface area contributed by atoms with Gasteiger partial charge in [-0.25, -0.2) is 0 Å². The zero-order chi connectivity index (χ0) is 9.68. The Balaban J connectivity index is 2.75. The summed E-state index contributed by atoms with van der Waals surface area (Å²) in [5.41, 5.74) is 7.96. The van der Waals surface area contributed by atoms with Crippen LogP contribution in [0.15, 0.2) is 30.3 Å². The van der Waals surface area contributed by atoms with E-state index in [9.17, 15) is 0 Å². The lowest BCUT2D eigenvalue weighted by molar-refractivity contribution is 0.866. The minimum Gasteiger partial charge on any atom is -0.327 e. The number of benzene rings is 1. The van der Waals surface area contributed by atoms with Gasteiger partial charge in [-0.05, 0) is 17.0 Å². The first-order valence-corrected chi connectivity index (χ1v) is 4.70. The molecule has 0 radical (unpaired) electrons. The molecule has 0 saturated heterocycles. The Kier molecular flexibility index (Phi) is 3.71. The topological polar surface area (TPSA) is 26.0 Å². The molecular weight excluding hydrogens is 158 g/mol. The van der Waals surface area contributed by atoms with Gasteiger partial charge in [0.05, 0.1) is 0 Å². The lowest BCUT2D eigenvalue weighted by Crippen LogP contribution is -1.92. The summed E-state index contributed by atoms with van der Waals surface area (Å²) in [5, 5.41) is 0. The first-order chi connectivity index (χ1) is 6.24. The first-order valence-electron chi connectivity index (χ1n) is 4.70. The fourth-order valence-electron chi connectivity index (χ4n) is 1.20. The van der Waals surface area contributed by atoms with Crippen LogP contribution in [0.5, 0.6) is 0 Å². The van der Waals surface area contributed by atoms with E-state index in [1.54, 1.807) is 0 Å².